The van der Waals surface area contributed by atoms with Crippen molar-refractivity contribution in [2.24, 2.45) is 58.0 Å². The minimum absolute atomic E-state index is 0.170. The quantitative estimate of drug-likeness (QED) is 0.725. The van der Waals surface area contributed by atoms with Crippen LogP contribution < -0.4 is 5.73 Å². The van der Waals surface area contributed by atoms with Gasteiger partial charge in [-0.25, -0.2) is 0 Å². The van der Waals surface area contributed by atoms with Gasteiger partial charge in [0, 0.05) is 11.8 Å². The van der Waals surface area contributed by atoms with E-state index in [2.05, 4.69) is 27.7 Å². The summed E-state index contributed by atoms with van der Waals surface area (Å²) in [5.74, 6) is 3.93. The minimum Gasteiger partial charge on any atom is -0.393 e. The molecule has 0 aromatic heterocycles. The Labute approximate surface area is 172 Å². The summed E-state index contributed by atoms with van der Waals surface area (Å²) >= 11 is 0. The van der Waals surface area contributed by atoms with Gasteiger partial charge in [-0.05, 0) is 105 Å². The normalized spacial score (nSPS) is 51.9. The first kappa shape index (κ1) is 20.8. The Morgan fingerprint density at radius 1 is 1.07 bits per heavy atom. The number of nitrogens with two attached hydrogens (primary N) is 1. The average Bonchev–Trinajstić information content (AvgIpc) is 3.01. The summed E-state index contributed by atoms with van der Waals surface area (Å²) in [6, 6.07) is 0. The number of carbonyl (C=O) groups is 1. The molecular formula is C25H43NO2. The summed E-state index contributed by atoms with van der Waals surface area (Å²) in [6.45, 7) is 10.4. The van der Waals surface area contributed by atoms with Gasteiger partial charge in [0.15, 0.2) is 0 Å². The molecule has 4 aliphatic carbocycles. The Balaban J connectivity index is 1.68. The number of aliphatic hydroxyl groups is 1. The van der Waals surface area contributed by atoms with Crippen molar-refractivity contribution in [1.82, 2.24) is 0 Å². The van der Waals surface area contributed by atoms with Gasteiger partial charge in [0.2, 0.25) is 0 Å². The molecule has 3 N–H and O–H groups in total. The van der Waals surface area contributed by atoms with Crippen molar-refractivity contribution in [3.05, 3.63) is 0 Å². The molecule has 4 saturated carbocycles. The van der Waals surface area contributed by atoms with Gasteiger partial charge in [-0.3, -0.25) is 4.79 Å². The molecular weight excluding hydrogens is 346 g/mol. The Kier molecular flexibility index (Phi) is 5.49. The second-order valence-electron chi connectivity index (χ2n) is 11.5. The van der Waals surface area contributed by atoms with E-state index in [-0.39, 0.29) is 23.4 Å². The lowest BCUT2D eigenvalue weighted by Gasteiger charge is -2.62. The first-order valence-electron chi connectivity index (χ1n) is 12.2. The lowest BCUT2D eigenvalue weighted by molar-refractivity contribution is -0.173. The smallest absolute Gasteiger partial charge is 0.139 e. The highest BCUT2D eigenvalue weighted by atomic mass is 16.3. The van der Waals surface area contributed by atoms with Crippen LogP contribution in [0.15, 0.2) is 0 Å². The summed E-state index contributed by atoms with van der Waals surface area (Å²) in [7, 11) is 0. The highest BCUT2D eigenvalue weighted by Gasteiger charge is 2.64. The number of hydrogen-bond donors (Lipinski definition) is 2. The summed E-state index contributed by atoms with van der Waals surface area (Å²) in [5.41, 5.74) is 6.47. The number of hydrogen-bond acceptors (Lipinski definition) is 3. The van der Waals surface area contributed by atoms with E-state index in [1.165, 1.54) is 25.7 Å². The third-order valence-electron chi connectivity index (χ3n) is 10.5. The first-order chi connectivity index (χ1) is 13.3. The molecule has 28 heavy (non-hydrogen) atoms. The van der Waals surface area contributed by atoms with Crippen molar-refractivity contribution < 1.29 is 9.90 Å². The van der Waals surface area contributed by atoms with Crippen LogP contribution in [0.25, 0.3) is 0 Å². The molecule has 1 unspecified atom stereocenters. The van der Waals surface area contributed by atoms with Gasteiger partial charge in [-0.1, -0.05) is 27.7 Å². The van der Waals surface area contributed by atoms with Gasteiger partial charge in [0.1, 0.15) is 5.78 Å². The van der Waals surface area contributed by atoms with Crippen LogP contribution in [0, 0.1) is 52.3 Å². The zero-order chi connectivity index (χ0) is 20.3. The second kappa shape index (κ2) is 7.38. The van der Waals surface area contributed by atoms with Gasteiger partial charge >= 0.3 is 0 Å². The van der Waals surface area contributed by atoms with Crippen molar-refractivity contribution in [3.63, 3.8) is 0 Å². The highest BCUT2D eigenvalue weighted by Crippen LogP contribution is 2.68. The van der Waals surface area contributed by atoms with Gasteiger partial charge in [-0.2, -0.15) is 0 Å². The maximum atomic E-state index is 13.9. The average molecular weight is 390 g/mol. The Bertz CT molecular complexity index is 605. The fraction of sp³-hybridized carbons (Fsp3) is 0.960. The van der Waals surface area contributed by atoms with Gasteiger partial charge in [-0.15, -0.1) is 0 Å². The van der Waals surface area contributed by atoms with E-state index in [0.29, 0.717) is 34.9 Å². The van der Waals surface area contributed by atoms with E-state index in [1.807, 2.05) is 0 Å². The molecule has 10 atom stereocenters. The van der Waals surface area contributed by atoms with Crippen LogP contribution in [-0.4, -0.2) is 23.5 Å². The molecule has 3 heteroatoms. The van der Waals surface area contributed by atoms with Crippen LogP contribution in [0.4, 0.5) is 0 Å². The van der Waals surface area contributed by atoms with Crippen LogP contribution in [0.5, 0.6) is 0 Å². The minimum atomic E-state index is -0.196. The number of Topliss-reactive ketones (excluding diaryl/α,β-unsaturated/α-hetero) is 1. The molecule has 0 heterocycles. The largest absolute Gasteiger partial charge is 0.393 e. The molecule has 0 saturated heterocycles. The summed E-state index contributed by atoms with van der Waals surface area (Å²) in [5, 5.41) is 10.4. The Hall–Kier alpha value is -0.410. The third kappa shape index (κ3) is 2.86. The summed E-state index contributed by atoms with van der Waals surface area (Å²) < 4.78 is 0. The zero-order valence-corrected chi connectivity index (χ0v) is 18.6. The molecule has 0 bridgehead atoms. The zero-order valence-electron chi connectivity index (χ0n) is 18.6. The maximum Gasteiger partial charge on any atom is 0.139 e. The van der Waals surface area contributed by atoms with Crippen molar-refractivity contribution in [2.45, 2.75) is 91.6 Å². The molecule has 4 aliphatic rings. The second-order valence-corrected chi connectivity index (χ2v) is 11.5. The molecule has 0 amide bonds. The lowest BCUT2D eigenvalue weighted by Crippen LogP contribution is -2.60. The number of ketones is 1. The molecule has 0 aromatic carbocycles. The van der Waals surface area contributed by atoms with Gasteiger partial charge in [0.05, 0.1) is 6.10 Å². The molecule has 0 aliphatic heterocycles. The van der Waals surface area contributed by atoms with E-state index in [1.54, 1.807) is 0 Å². The third-order valence-corrected chi connectivity index (χ3v) is 10.5. The van der Waals surface area contributed by atoms with Gasteiger partial charge in [0.25, 0.3) is 0 Å². The maximum absolute atomic E-state index is 13.9. The summed E-state index contributed by atoms with van der Waals surface area (Å²) in [4.78, 5) is 13.9. The SMILES string of the molecule is CCC1C(=O)[C@@H]2[C@H](CC[C@]3(C)[C@@H]([C@H](C)CCN)CC[C@@H]23)[C@@]2(C)CC[C@@H](O)C[C@@H]12. The first-order valence-corrected chi connectivity index (χ1v) is 12.2. The van der Waals surface area contributed by atoms with Crippen LogP contribution in [0.3, 0.4) is 0 Å². The molecule has 0 spiro atoms. The van der Waals surface area contributed by atoms with Crippen LogP contribution in [0.1, 0.15) is 85.5 Å². The van der Waals surface area contributed by atoms with Crippen LogP contribution >= 0.6 is 0 Å². The monoisotopic (exact) mass is 389 g/mol. The Morgan fingerprint density at radius 3 is 2.43 bits per heavy atom. The topological polar surface area (TPSA) is 63.3 Å². The van der Waals surface area contributed by atoms with Crippen molar-refractivity contribution >= 4 is 5.78 Å². The Morgan fingerprint density at radius 2 is 1.75 bits per heavy atom. The number of fused-ring (bicyclic) bond motifs is 5. The van der Waals surface area contributed by atoms with E-state index in [0.717, 1.165) is 44.6 Å². The molecule has 4 fully saturated rings. The van der Waals surface area contributed by atoms with Crippen molar-refractivity contribution in [3.8, 4) is 0 Å². The van der Waals surface area contributed by atoms with Crippen molar-refractivity contribution in [1.29, 1.82) is 0 Å². The number of carbonyl (C=O) groups excluding carboxylic acids is 1. The van der Waals surface area contributed by atoms with E-state index in [9.17, 15) is 9.90 Å². The molecule has 4 rings (SSSR count). The highest BCUT2D eigenvalue weighted by molar-refractivity contribution is 5.86. The van der Waals surface area contributed by atoms with E-state index in [4.69, 9.17) is 5.73 Å². The predicted octanol–water partition coefficient (Wildman–Crippen LogP) is 4.81. The molecule has 160 valence electrons. The van der Waals surface area contributed by atoms with Crippen LogP contribution in [-0.2, 0) is 4.79 Å². The van der Waals surface area contributed by atoms with Crippen LogP contribution in [0.2, 0.25) is 0 Å². The summed E-state index contributed by atoms with van der Waals surface area (Å²) in [6.07, 6.45) is 9.79. The molecule has 0 radical (unpaired) electrons. The van der Waals surface area contributed by atoms with E-state index >= 15 is 0 Å². The fourth-order valence-electron chi connectivity index (χ4n) is 9.07. The fourth-order valence-corrected chi connectivity index (χ4v) is 9.07. The molecule has 0 aromatic rings. The van der Waals surface area contributed by atoms with E-state index < -0.39 is 0 Å². The van der Waals surface area contributed by atoms with Gasteiger partial charge < -0.3 is 10.8 Å². The van der Waals surface area contributed by atoms with Crippen molar-refractivity contribution in [2.75, 3.05) is 6.54 Å². The lowest BCUT2D eigenvalue weighted by atomic mass is 9.42. The number of rotatable bonds is 4. The molecule has 3 nitrogen and oxygen atoms in total. The predicted molar refractivity (Wildman–Crippen MR) is 114 cm³/mol. The standard InChI is InChI=1S/C25H43NO2/c1-5-17-21-14-16(27)8-11-25(21,4)20-9-12-24(3)18(15(2)10-13-26)6-7-19(24)22(20)23(17)28/h15-22,27H,5-14,26H2,1-4H3/t15-,16-,17?,18-,19+,20+,21+,22+,24-,25-/m1/s1. The number of aliphatic hydroxyl groups excluding tert-OH is 1.